The van der Waals surface area contributed by atoms with Gasteiger partial charge in [0.25, 0.3) is 0 Å². The van der Waals surface area contributed by atoms with Crippen LogP contribution >= 0.6 is 0 Å². The van der Waals surface area contributed by atoms with Gasteiger partial charge in [-0.25, -0.2) is 4.98 Å². The first-order chi connectivity index (χ1) is 19.3. The summed E-state index contributed by atoms with van der Waals surface area (Å²) < 4.78 is 7.79. The van der Waals surface area contributed by atoms with E-state index in [-0.39, 0.29) is 37.1 Å². The van der Waals surface area contributed by atoms with Crippen molar-refractivity contribution in [2.75, 3.05) is 62.8 Å². The van der Waals surface area contributed by atoms with Crippen LogP contribution in [0.1, 0.15) is 43.5 Å². The maximum atomic E-state index is 14.4. The molecule has 0 radical (unpaired) electrons. The van der Waals surface area contributed by atoms with E-state index in [1.54, 1.807) is 0 Å². The molecule has 2 aromatic heterocycles. The van der Waals surface area contributed by atoms with E-state index in [2.05, 4.69) is 15.1 Å². The zero-order valence-corrected chi connectivity index (χ0v) is 23.3. The number of amides is 2. The summed E-state index contributed by atoms with van der Waals surface area (Å²) in [4.78, 5) is 38.2. The van der Waals surface area contributed by atoms with Gasteiger partial charge in [0.2, 0.25) is 11.8 Å². The number of anilines is 2. The number of likely N-dealkylation sites (N-methyl/N-ethyl adjacent to an activating group) is 1. The lowest BCUT2D eigenvalue weighted by atomic mass is 9.80. The Morgan fingerprint density at radius 3 is 2.67 bits per heavy atom. The fourth-order valence-corrected chi connectivity index (χ4v) is 6.01. The zero-order valence-electron chi connectivity index (χ0n) is 23.3. The number of fused-ring (bicyclic) bond motifs is 3. The van der Waals surface area contributed by atoms with Gasteiger partial charge < -0.3 is 30.5 Å². The highest BCUT2D eigenvalue weighted by molar-refractivity contribution is 5.88. The molecule has 6 rings (SSSR count). The van der Waals surface area contributed by atoms with Crippen molar-refractivity contribution in [3.8, 4) is 0 Å². The molecule has 2 atom stereocenters. The number of benzene rings is 1. The van der Waals surface area contributed by atoms with E-state index in [0.717, 1.165) is 60.9 Å². The smallest absolute Gasteiger partial charge is 0.246 e. The molecule has 3 aliphatic heterocycles. The molecule has 0 spiro atoms. The molecule has 2 bridgehead atoms. The summed E-state index contributed by atoms with van der Waals surface area (Å²) >= 11 is 0. The Morgan fingerprint density at radius 2 is 1.90 bits per heavy atom. The lowest BCUT2D eigenvalue weighted by Gasteiger charge is -2.41. The number of ether oxygens (including phenoxy) is 1. The molecule has 5 heterocycles. The minimum Gasteiger partial charge on any atom is -0.370 e. The van der Waals surface area contributed by atoms with Crippen molar-refractivity contribution >= 4 is 29.1 Å². The number of nitrogens with one attached hydrogen (secondary N) is 1. The highest BCUT2D eigenvalue weighted by Gasteiger charge is 2.43. The van der Waals surface area contributed by atoms with Gasteiger partial charge in [-0.3, -0.25) is 9.59 Å². The van der Waals surface area contributed by atoms with E-state index in [1.807, 2.05) is 65.9 Å². The van der Waals surface area contributed by atoms with E-state index in [0.29, 0.717) is 19.6 Å². The number of rotatable bonds is 2. The Hall–Kier alpha value is -3.70. The molecule has 3 aliphatic rings. The Morgan fingerprint density at radius 1 is 1.10 bits per heavy atom. The molecule has 11 nitrogen and oxygen atoms in total. The van der Waals surface area contributed by atoms with Crippen LogP contribution in [0.3, 0.4) is 0 Å². The maximum absolute atomic E-state index is 14.4. The topological polar surface area (TPSA) is 121 Å². The lowest BCUT2D eigenvalue weighted by molar-refractivity contribution is -0.145. The fourth-order valence-electron chi connectivity index (χ4n) is 6.01. The molecule has 3 aromatic rings. The minimum atomic E-state index is -0.958. The lowest BCUT2D eigenvalue weighted by Crippen LogP contribution is -2.56. The fraction of sp³-hybridized carbons (Fsp3) is 0.517. The van der Waals surface area contributed by atoms with Crippen LogP contribution in [0, 0.1) is 0 Å². The van der Waals surface area contributed by atoms with Crippen molar-refractivity contribution in [3.05, 3.63) is 53.7 Å². The maximum Gasteiger partial charge on any atom is 0.246 e. The predicted octanol–water partition coefficient (Wildman–Crippen LogP) is 1.47. The second kappa shape index (κ2) is 10.7. The van der Waals surface area contributed by atoms with Gasteiger partial charge in [-0.1, -0.05) is 30.3 Å². The molecule has 1 unspecified atom stereocenters. The average molecular weight is 547 g/mol. The Kier molecular flexibility index (Phi) is 7.09. The first-order valence-electron chi connectivity index (χ1n) is 14.2. The van der Waals surface area contributed by atoms with Gasteiger partial charge in [0, 0.05) is 57.9 Å². The van der Waals surface area contributed by atoms with Crippen molar-refractivity contribution in [1.82, 2.24) is 24.8 Å². The first-order valence-corrected chi connectivity index (χ1v) is 14.2. The number of carbonyl (C=O) groups is 2. The third kappa shape index (κ3) is 4.88. The number of hydrogen-bond donors (Lipinski definition) is 2. The van der Waals surface area contributed by atoms with Gasteiger partial charge in [0.15, 0.2) is 5.65 Å². The highest BCUT2D eigenvalue weighted by Crippen LogP contribution is 2.37. The molecule has 212 valence electrons. The standard InChI is InChI=1S/C29H38N8O3/c1-29(20-8-4-3-5-9-20)19-40-18-26(38)31-11-13-34(2)27-15-24(35-16-21(30)17-35)32-25-14-22(33-37(25)27)23-10-6-7-12-36(23)28(29)39/h3-5,8-9,14-15,21,23H,6-7,10-13,16-19,30H2,1-2H3,(H,31,38)/t23-,29?/m0/s1. The molecular weight excluding hydrogens is 508 g/mol. The summed E-state index contributed by atoms with van der Waals surface area (Å²) in [6.45, 7) is 5.07. The largest absolute Gasteiger partial charge is 0.370 e. The average Bonchev–Trinajstić information content (AvgIpc) is 3.38. The van der Waals surface area contributed by atoms with E-state index in [4.69, 9.17) is 20.6 Å². The monoisotopic (exact) mass is 546 g/mol. The van der Waals surface area contributed by atoms with Crippen molar-refractivity contribution < 1.29 is 14.3 Å². The number of piperidine rings is 1. The molecule has 11 heteroatoms. The number of nitrogens with zero attached hydrogens (tertiary/aromatic N) is 6. The van der Waals surface area contributed by atoms with Crippen molar-refractivity contribution in [2.24, 2.45) is 5.73 Å². The summed E-state index contributed by atoms with van der Waals surface area (Å²) in [5.41, 5.74) is 7.54. The summed E-state index contributed by atoms with van der Waals surface area (Å²) in [5.74, 6) is 1.49. The van der Waals surface area contributed by atoms with Crippen LogP contribution in [0.2, 0.25) is 0 Å². The quantitative estimate of drug-likeness (QED) is 0.496. The van der Waals surface area contributed by atoms with Crippen molar-refractivity contribution in [1.29, 1.82) is 0 Å². The van der Waals surface area contributed by atoms with Crippen molar-refractivity contribution in [3.63, 3.8) is 0 Å². The highest BCUT2D eigenvalue weighted by atomic mass is 16.5. The molecule has 2 amide bonds. The minimum absolute atomic E-state index is 0.0199. The van der Waals surface area contributed by atoms with Gasteiger partial charge in [0.05, 0.1) is 23.8 Å². The van der Waals surface area contributed by atoms with Crippen LogP contribution in [0.25, 0.3) is 5.65 Å². The third-order valence-electron chi connectivity index (χ3n) is 8.42. The molecule has 3 N–H and O–H groups in total. The normalized spacial score (nSPS) is 25.2. The molecule has 0 saturated carbocycles. The van der Waals surface area contributed by atoms with E-state index >= 15 is 0 Å². The van der Waals surface area contributed by atoms with Crippen LogP contribution < -0.4 is 20.9 Å². The molecular formula is C29H38N8O3. The zero-order chi connectivity index (χ0) is 27.9. The van der Waals surface area contributed by atoms with Gasteiger partial charge in [-0.2, -0.15) is 9.61 Å². The van der Waals surface area contributed by atoms with Gasteiger partial charge in [-0.15, -0.1) is 0 Å². The number of nitrogens with two attached hydrogens (primary N) is 1. The first kappa shape index (κ1) is 26.5. The summed E-state index contributed by atoms with van der Waals surface area (Å²) in [6.07, 6.45) is 2.76. The summed E-state index contributed by atoms with van der Waals surface area (Å²) in [6, 6.07) is 13.7. The Labute approximate surface area is 234 Å². The number of aromatic nitrogens is 3. The van der Waals surface area contributed by atoms with Crippen LogP contribution in [0.5, 0.6) is 0 Å². The SMILES string of the molecule is CN1CCNC(=O)COCC(C)(c2ccccc2)C(=O)N2CCCC[C@H]2c2cc3nc(N4CC(N)C4)cc1n3n2. The van der Waals surface area contributed by atoms with E-state index in [9.17, 15) is 9.59 Å². The second-order valence-electron chi connectivity index (χ2n) is 11.4. The van der Waals surface area contributed by atoms with Crippen LogP contribution in [-0.4, -0.2) is 90.3 Å². The van der Waals surface area contributed by atoms with Gasteiger partial charge in [0.1, 0.15) is 18.2 Å². The summed E-state index contributed by atoms with van der Waals surface area (Å²) in [5, 5.41) is 7.99. The number of carbonyl (C=O) groups excluding carboxylic acids is 2. The molecule has 2 fully saturated rings. The van der Waals surface area contributed by atoms with Gasteiger partial charge in [-0.05, 0) is 31.7 Å². The van der Waals surface area contributed by atoms with Crippen LogP contribution in [-0.2, 0) is 19.7 Å². The van der Waals surface area contributed by atoms with Crippen LogP contribution in [0.15, 0.2) is 42.5 Å². The number of hydrogen-bond acceptors (Lipinski definition) is 8. The molecule has 0 aliphatic carbocycles. The van der Waals surface area contributed by atoms with Gasteiger partial charge >= 0.3 is 0 Å². The molecule has 2 saturated heterocycles. The second-order valence-corrected chi connectivity index (χ2v) is 11.4. The predicted molar refractivity (Wildman–Crippen MR) is 152 cm³/mol. The van der Waals surface area contributed by atoms with E-state index in [1.165, 1.54) is 0 Å². The van der Waals surface area contributed by atoms with E-state index < -0.39 is 5.41 Å². The summed E-state index contributed by atoms with van der Waals surface area (Å²) in [7, 11) is 1.98. The Balaban J connectivity index is 1.45. The molecule has 1 aromatic carbocycles. The third-order valence-corrected chi connectivity index (χ3v) is 8.42. The Bertz CT molecular complexity index is 1390. The van der Waals surface area contributed by atoms with Crippen LogP contribution in [0.4, 0.5) is 11.6 Å². The van der Waals surface area contributed by atoms with Crippen molar-refractivity contribution in [2.45, 2.75) is 43.7 Å². The molecule has 40 heavy (non-hydrogen) atoms.